The van der Waals surface area contributed by atoms with E-state index in [1.807, 2.05) is 38.1 Å². The number of sulfone groups is 1. The van der Waals surface area contributed by atoms with Gasteiger partial charge in [-0.2, -0.15) is 0 Å². The highest BCUT2D eigenvalue weighted by atomic mass is 32.2. The Morgan fingerprint density at radius 2 is 1.43 bits per heavy atom. The molecule has 0 amide bonds. The van der Waals surface area contributed by atoms with E-state index in [9.17, 15) is 8.42 Å². The van der Waals surface area contributed by atoms with E-state index in [2.05, 4.69) is 11.8 Å². The van der Waals surface area contributed by atoms with E-state index in [0.717, 1.165) is 22.3 Å². The summed E-state index contributed by atoms with van der Waals surface area (Å²) in [6.45, 7) is 3.73. The number of rotatable bonds is 6. The predicted octanol–water partition coefficient (Wildman–Crippen LogP) is 6.68. The van der Waals surface area contributed by atoms with Crippen LogP contribution in [0, 0.1) is 38.5 Å². The lowest BCUT2D eigenvalue weighted by Crippen LogP contribution is -2.04. The first kappa shape index (κ1) is 23.7. The molecule has 0 atom stereocenters. The quantitative estimate of drug-likeness (QED) is 0.290. The molecule has 0 aliphatic carbocycles. The van der Waals surface area contributed by atoms with Gasteiger partial charge < -0.3 is 9.47 Å². The minimum absolute atomic E-state index is 0.0617. The van der Waals surface area contributed by atoms with Gasteiger partial charge in [0.15, 0.2) is 0 Å². The molecule has 0 aromatic heterocycles. The van der Waals surface area contributed by atoms with Crippen molar-refractivity contribution in [1.82, 2.24) is 0 Å². The van der Waals surface area contributed by atoms with Crippen LogP contribution in [0.1, 0.15) is 22.3 Å². The van der Waals surface area contributed by atoms with Crippen LogP contribution in [-0.4, -0.2) is 8.42 Å². The van der Waals surface area contributed by atoms with Crippen LogP contribution < -0.4 is 9.47 Å². The van der Waals surface area contributed by atoms with Crippen molar-refractivity contribution in [3.63, 3.8) is 0 Å². The third-order valence-electron chi connectivity index (χ3n) is 5.50. The van der Waals surface area contributed by atoms with Crippen LogP contribution in [-0.2, 0) is 9.84 Å². The molecule has 0 bridgehead atoms. The number of hydrogen-bond donors (Lipinski definition) is 0. The fourth-order valence-corrected chi connectivity index (χ4v) is 4.93. The molecule has 0 saturated carbocycles. The molecule has 4 aromatic rings. The Labute approximate surface area is 206 Å². The van der Waals surface area contributed by atoms with Gasteiger partial charge in [-0.15, -0.1) is 12.8 Å². The molecule has 4 aromatic carbocycles. The molecule has 0 unspecified atom stereocenters. The minimum atomic E-state index is -3.86. The third-order valence-corrected chi connectivity index (χ3v) is 7.31. The monoisotopic (exact) mass is 478 g/mol. The predicted molar refractivity (Wildman–Crippen MR) is 137 cm³/mol. The van der Waals surface area contributed by atoms with E-state index in [0.29, 0.717) is 17.2 Å². The molecule has 172 valence electrons. The van der Waals surface area contributed by atoms with E-state index >= 15 is 0 Å². The third kappa shape index (κ3) is 4.92. The first-order chi connectivity index (χ1) is 16.8. The SMILES string of the molecule is C#Cc1ccc(Oc2ccccc2S(=O)(=O)c2ccc(Oc3cccc(C#C)c3C)cc2)c(C)c1. The molecule has 0 N–H and O–H groups in total. The van der Waals surface area contributed by atoms with Gasteiger partial charge in [-0.1, -0.05) is 30.0 Å². The van der Waals surface area contributed by atoms with Gasteiger partial charge in [-0.05, 0) is 86.1 Å². The van der Waals surface area contributed by atoms with Crippen molar-refractivity contribution in [3.8, 4) is 47.7 Å². The topological polar surface area (TPSA) is 52.6 Å². The molecule has 0 aliphatic heterocycles. The minimum Gasteiger partial charge on any atom is -0.457 e. The Hall–Kier alpha value is -4.45. The molecule has 4 rings (SSSR count). The van der Waals surface area contributed by atoms with Crippen molar-refractivity contribution in [2.45, 2.75) is 23.6 Å². The molecule has 5 heteroatoms. The Morgan fingerprint density at radius 3 is 2.11 bits per heavy atom. The number of terminal acetylenes is 2. The van der Waals surface area contributed by atoms with Gasteiger partial charge in [0.25, 0.3) is 0 Å². The Balaban J connectivity index is 1.62. The molecule has 0 radical (unpaired) electrons. The van der Waals surface area contributed by atoms with Crippen LogP contribution in [0.4, 0.5) is 0 Å². The average molecular weight is 479 g/mol. The zero-order chi connectivity index (χ0) is 25.0. The maximum atomic E-state index is 13.5. The number of para-hydroxylation sites is 1. The van der Waals surface area contributed by atoms with Crippen LogP contribution in [0.25, 0.3) is 0 Å². The van der Waals surface area contributed by atoms with Gasteiger partial charge in [0.2, 0.25) is 9.84 Å². The highest BCUT2D eigenvalue weighted by molar-refractivity contribution is 7.91. The Bertz CT molecular complexity index is 1590. The molecule has 0 heterocycles. The summed E-state index contributed by atoms with van der Waals surface area (Å²) >= 11 is 0. The van der Waals surface area contributed by atoms with Gasteiger partial charge in [0.05, 0.1) is 4.90 Å². The molecule has 0 spiro atoms. The first-order valence-corrected chi connectivity index (χ1v) is 12.2. The van der Waals surface area contributed by atoms with Crippen molar-refractivity contribution in [2.75, 3.05) is 0 Å². The molecular formula is C30H22O4S. The fraction of sp³-hybridized carbons (Fsp3) is 0.0667. The van der Waals surface area contributed by atoms with Gasteiger partial charge in [-0.25, -0.2) is 8.42 Å². The van der Waals surface area contributed by atoms with Crippen molar-refractivity contribution in [1.29, 1.82) is 0 Å². The van der Waals surface area contributed by atoms with Crippen LogP contribution in [0.3, 0.4) is 0 Å². The molecule has 4 nitrogen and oxygen atoms in total. The molecule has 0 aliphatic rings. The van der Waals surface area contributed by atoms with Gasteiger partial charge in [0, 0.05) is 16.7 Å². The summed E-state index contributed by atoms with van der Waals surface area (Å²) in [4.78, 5) is 0.182. The Morgan fingerprint density at radius 1 is 0.714 bits per heavy atom. The van der Waals surface area contributed by atoms with E-state index < -0.39 is 9.84 Å². The van der Waals surface area contributed by atoms with Gasteiger partial charge in [0.1, 0.15) is 27.9 Å². The summed E-state index contributed by atoms with van der Waals surface area (Å²) < 4.78 is 38.9. The normalized spacial score (nSPS) is 10.7. The van der Waals surface area contributed by atoms with Crippen molar-refractivity contribution in [2.24, 2.45) is 0 Å². The number of hydrogen-bond acceptors (Lipinski definition) is 4. The molecular weight excluding hydrogens is 456 g/mol. The summed E-state index contributed by atoms with van der Waals surface area (Å²) in [5.74, 6) is 7.06. The first-order valence-electron chi connectivity index (χ1n) is 10.8. The molecule has 35 heavy (non-hydrogen) atoms. The standard InChI is InChI=1S/C30H22O4S/c1-5-23-14-19-27(21(3)20-23)34-29-11-7-8-13-30(29)35(31,32)26-17-15-25(16-18-26)33-28-12-9-10-24(6-2)22(28)4/h1-2,7-20H,3-4H3. The average Bonchev–Trinajstić information content (AvgIpc) is 2.87. The lowest BCUT2D eigenvalue weighted by Gasteiger charge is -2.14. The van der Waals surface area contributed by atoms with Crippen molar-refractivity contribution < 1.29 is 17.9 Å². The second-order valence-electron chi connectivity index (χ2n) is 7.82. The maximum absolute atomic E-state index is 13.5. The summed E-state index contributed by atoms with van der Waals surface area (Å²) in [6.07, 6.45) is 11.0. The summed E-state index contributed by atoms with van der Waals surface area (Å²) in [6, 6.07) is 23.5. The summed E-state index contributed by atoms with van der Waals surface area (Å²) in [7, 11) is -3.86. The Kier molecular flexibility index (Phi) is 6.64. The number of ether oxygens (including phenoxy) is 2. The lowest BCUT2D eigenvalue weighted by atomic mass is 10.1. The zero-order valence-electron chi connectivity index (χ0n) is 19.3. The number of aryl methyl sites for hydroxylation is 1. The fourth-order valence-electron chi connectivity index (χ4n) is 3.55. The van der Waals surface area contributed by atoms with E-state index in [1.165, 1.54) is 18.2 Å². The highest BCUT2D eigenvalue weighted by Gasteiger charge is 2.23. The zero-order valence-corrected chi connectivity index (χ0v) is 20.1. The molecule has 0 saturated heterocycles. The number of benzene rings is 4. The van der Waals surface area contributed by atoms with Crippen LogP contribution in [0.5, 0.6) is 23.0 Å². The molecule has 0 fully saturated rings. The van der Waals surface area contributed by atoms with Gasteiger partial charge >= 0.3 is 0 Å². The second-order valence-corrected chi connectivity index (χ2v) is 9.74. The van der Waals surface area contributed by atoms with Crippen LogP contribution in [0.2, 0.25) is 0 Å². The maximum Gasteiger partial charge on any atom is 0.210 e. The summed E-state index contributed by atoms with van der Waals surface area (Å²) in [5, 5.41) is 0. The summed E-state index contributed by atoms with van der Waals surface area (Å²) in [5.41, 5.74) is 3.10. The highest BCUT2D eigenvalue weighted by Crippen LogP contribution is 2.35. The van der Waals surface area contributed by atoms with E-state index in [1.54, 1.807) is 42.5 Å². The van der Waals surface area contributed by atoms with Crippen LogP contribution >= 0.6 is 0 Å². The van der Waals surface area contributed by atoms with Crippen molar-refractivity contribution >= 4 is 9.84 Å². The van der Waals surface area contributed by atoms with Gasteiger partial charge in [-0.3, -0.25) is 0 Å². The largest absolute Gasteiger partial charge is 0.457 e. The van der Waals surface area contributed by atoms with E-state index in [-0.39, 0.29) is 15.5 Å². The second kappa shape index (κ2) is 9.81. The van der Waals surface area contributed by atoms with Crippen LogP contribution in [0.15, 0.2) is 94.7 Å². The lowest BCUT2D eigenvalue weighted by molar-refractivity contribution is 0.464. The van der Waals surface area contributed by atoms with Crippen molar-refractivity contribution in [3.05, 3.63) is 107 Å². The smallest absolute Gasteiger partial charge is 0.210 e. The van der Waals surface area contributed by atoms with E-state index in [4.69, 9.17) is 22.3 Å².